The molecule has 30 heavy (non-hydrogen) atoms. The van der Waals surface area contributed by atoms with E-state index in [2.05, 4.69) is 102 Å². The van der Waals surface area contributed by atoms with Crippen LogP contribution in [-0.4, -0.2) is 23.5 Å². The molecule has 0 bridgehead atoms. The van der Waals surface area contributed by atoms with Gasteiger partial charge in [-0.05, 0) is 99.0 Å². The van der Waals surface area contributed by atoms with Crippen molar-refractivity contribution in [1.29, 1.82) is 0 Å². The molecule has 0 N–H and O–H groups in total. The molecule has 0 spiro atoms. The molecular formula is C29H40S. The molecule has 1 unspecified atom stereocenters. The summed E-state index contributed by atoms with van der Waals surface area (Å²) in [6.07, 6.45) is 8.96. The van der Waals surface area contributed by atoms with Crippen molar-refractivity contribution < 1.29 is 0 Å². The van der Waals surface area contributed by atoms with Crippen LogP contribution in [0.15, 0.2) is 76.9 Å². The van der Waals surface area contributed by atoms with Crippen LogP contribution in [0.25, 0.3) is 11.1 Å². The largest absolute Gasteiger partial charge is 0.237 e. The van der Waals surface area contributed by atoms with Crippen LogP contribution in [0, 0.1) is 0 Å². The lowest BCUT2D eigenvalue weighted by Crippen LogP contribution is -2.21. The van der Waals surface area contributed by atoms with Crippen molar-refractivity contribution >= 4 is 10.0 Å². The maximum atomic E-state index is 2.56. The molecule has 2 aromatic rings. The van der Waals surface area contributed by atoms with E-state index in [-0.39, 0.29) is 0 Å². The molecule has 1 atom stereocenters. The molecule has 0 saturated heterocycles. The molecule has 3 rings (SSSR count). The quantitative estimate of drug-likeness (QED) is 0.400. The molecule has 0 aromatic heterocycles. The fourth-order valence-electron chi connectivity index (χ4n) is 5.30. The summed E-state index contributed by atoms with van der Waals surface area (Å²) < 4.78 is 0. The second-order valence-corrected chi connectivity index (χ2v) is 13.7. The number of allylic oxidation sites excluding steroid dienone is 2. The summed E-state index contributed by atoms with van der Waals surface area (Å²) >= 11 is 0. The van der Waals surface area contributed by atoms with E-state index in [1.54, 1.807) is 22.3 Å². The van der Waals surface area contributed by atoms with Gasteiger partial charge in [-0.15, -0.1) is 0 Å². The van der Waals surface area contributed by atoms with Gasteiger partial charge in [0, 0.05) is 5.25 Å². The second-order valence-electron chi connectivity index (χ2n) is 9.56. The fourth-order valence-corrected chi connectivity index (χ4v) is 8.71. The number of hydrogen-bond acceptors (Lipinski definition) is 0. The predicted octanol–water partition coefficient (Wildman–Crippen LogP) is 8.75. The van der Waals surface area contributed by atoms with Crippen LogP contribution in [0.1, 0.15) is 65.4 Å². The Morgan fingerprint density at radius 1 is 0.800 bits per heavy atom. The normalized spacial score (nSPS) is 17.0. The molecule has 1 aliphatic rings. The van der Waals surface area contributed by atoms with E-state index < -0.39 is 10.0 Å². The Balaban J connectivity index is 1.68. The summed E-state index contributed by atoms with van der Waals surface area (Å²) in [6.45, 7) is 11.7. The Morgan fingerprint density at radius 2 is 1.40 bits per heavy atom. The maximum Gasteiger partial charge on any atom is 0.0312 e. The van der Waals surface area contributed by atoms with Gasteiger partial charge in [-0.1, -0.05) is 72.7 Å². The summed E-state index contributed by atoms with van der Waals surface area (Å²) in [7, 11) is -0.677. The highest BCUT2D eigenvalue weighted by atomic mass is 32.3. The third-order valence-corrected chi connectivity index (χ3v) is 10.7. The van der Waals surface area contributed by atoms with Crippen molar-refractivity contribution in [3.05, 3.63) is 82.5 Å². The predicted molar refractivity (Wildman–Crippen MR) is 139 cm³/mol. The molecule has 0 saturated carbocycles. The molecule has 1 aliphatic carbocycles. The van der Waals surface area contributed by atoms with Crippen LogP contribution >= 0.6 is 10.0 Å². The van der Waals surface area contributed by atoms with E-state index in [0.29, 0.717) is 11.2 Å². The Bertz CT molecular complexity index is 906. The van der Waals surface area contributed by atoms with Gasteiger partial charge < -0.3 is 0 Å². The topological polar surface area (TPSA) is 0 Å². The van der Waals surface area contributed by atoms with Gasteiger partial charge >= 0.3 is 0 Å². The van der Waals surface area contributed by atoms with Crippen LogP contribution < -0.4 is 0 Å². The van der Waals surface area contributed by atoms with Crippen molar-refractivity contribution in [2.24, 2.45) is 0 Å². The average Bonchev–Trinajstić information content (AvgIpc) is 2.95. The van der Waals surface area contributed by atoms with E-state index in [0.717, 1.165) is 0 Å². The summed E-state index contributed by atoms with van der Waals surface area (Å²) in [5.41, 5.74) is 10.5. The zero-order valence-corrected chi connectivity index (χ0v) is 20.9. The minimum absolute atomic E-state index is 0.657. The van der Waals surface area contributed by atoms with Gasteiger partial charge in [0.15, 0.2) is 0 Å². The lowest BCUT2D eigenvalue weighted by molar-refractivity contribution is 0.598. The summed E-state index contributed by atoms with van der Waals surface area (Å²) in [4.78, 5) is 0. The third-order valence-electron chi connectivity index (χ3n) is 7.35. The zero-order chi connectivity index (χ0) is 21.9. The van der Waals surface area contributed by atoms with E-state index in [1.165, 1.54) is 41.7 Å². The highest BCUT2D eigenvalue weighted by Gasteiger charge is 2.33. The number of rotatable bonds is 8. The molecule has 1 heteroatoms. The van der Waals surface area contributed by atoms with Crippen LogP contribution in [0.4, 0.5) is 0 Å². The van der Waals surface area contributed by atoms with E-state index in [4.69, 9.17) is 0 Å². The lowest BCUT2D eigenvalue weighted by atomic mass is 9.90. The van der Waals surface area contributed by atoms with Crippen molar-refractivity contribution in [3.8, 4) is 11.1 Å². The Kier molecular flexibility index (Phi) is 7.34. The number of hydrogen-bond donors (Lipinski definition) is 0. The van der Waals surface area contributed by atoms with E-state index in [1.807, 2.05) is 0 Å². The molecule has 0 fully saturated rings. The van der Waals surface area contributed by atoms with Crippen molar-refractivity contribution in [3.63, 3.8) is 0 Å². The van der Waals surface area contributed by atoms with Gasteiger partial charge in [0.1, 0.15) is 0 Å². The lowest BCUT2D eigenvalue weighted by Gasteiger charge is -2.40. The first kappa shape index (κ1) is 22.9. The summed E-state index contributed by atoms with van der Waals surface area (Å²) in [5.74, 6) is 2.02. The third kappa shape index (κ3) is 4.78. The molecule has 0 nitrogen and oxygen atoms in total. The molecule has 162 valence electrons. The van der Waals surface area contributed by atoms with Crippen molar-refractivity contribution in [2.45, 2.75) is 65.0 Å². The fraction of sp³-hybridized carbons (Fsp3) is 0.448. The molecule has 0 radical (unpaired) electrons. The zero-order valence-electron chi connectivity index (χ0n) is 20.1. The monoisotopic (exact) mass is 420 g/mol. The van der Waals surface area contributed by atoms with Gasteiger partial charge in [0.2, 0.25) is 0 Å². The summed E-state index contributed by atoms with van der Waals surface area (Å²) in [5, 5.41) is 0.694. The van der Waals surface area contributed by atoms with Crippen LogP contribution in [-0.2, 0) is 0 Å². The molecular weight excluding hydrogens is 380 g/mol. The van der Waals surface area contributed by atoms with E-state index in [9.17, 15) is 0 Å². The second kappa shape index (κ2) is 9.60. The molecule has 0 aliphatic heterocycles. The minimum atomic E-state index is -0.677. The van der Waals surface area contributed by atoms with Crippen molar-refractivity contribution in [1.82, 2.24) is 0 Å². The van der Waals surface area contributed by atoms with Gasteiger partial charge in [-0.3, -0.25) is 0 Å². The smallest absolute Gasteiger partial charge is 0.0312 e. The highest BCUT2D eigenvalue weighted by Crippen LogP contribution is 2.56. The first-order chi connectivity index (χ1) is 14.3. The Hall–Kier alpha value is -1.73. The maximum absolute atomic E-state index is 2.56. The van der Waals surface area contributed by atoms with Gasteiger partial charge in [0.25, 0.3) is 0 Å². The van der Waals surface area contributed by atoms with Crippen LogP contribution in [0.5, 0.6) is 0 Å². The van der Waals surface area contributed by atoms with Crippen molar-refractivity contribution in [2.75, 3.05) is 18.3 Å². The van der Waals surface area contributed by atoms with Gasteiger partial charge in [-0.2, -0.15) is 0 Å². The first-order valence-corrected chi connectivity index (χ1v) is 14.1. The minimum Gasteiger partial charge on any atom is -0.237 e. The highest BCUT2D eigenvalue weighted by molar-refractivity contribution is 8.33. The van der Waals surface area contributed by atoms with Gasteiger partial charge in [0.05, 0.1) is 0 Å². The molecule has 2 aromatic carbocycles. The average molecular weight is 421 g/mol. The SMILES string of the molecule is CCC(CCCS(C)(C)C1C(C)=C(C)C(C)=C1C)c1cccc(-c2ccccc2)c1. The standard InChI is InChI=1S/C29H40S/c1-8-25(27-16-12-17-28(20-27)26-14-10-9-11-15-26)18-13-19-30(6,7)29-23(4)21(2)22(3)24(29)5/h9-12,14-17,20,25,29H,8,13,18-19H2,1-7H3. The van der Waals surface area contributed by atoms with Crippen LogP contribution in [0.3, 0.4) is 0 Å². The Labute approximate surface area is 186 Å². The van der Waals surface area contributed by atoms with E-state index >= 15 is 0 Å². The first-order valence-electron chi connectivity index (χ1n) is 11.5. The Morgan fingerprint density at radius 3 is 2.00 bits per heavy atom. The van der Waals surface area contributed by atoms with Gasteiger partial charge in [-0.25, -0.2) is 10.0 Å². The molecule has 0 heterocycles. The van der Waals surface area contributed by atoms with Crippen LogP contribution in [0.2, 0.25) is 0 Å². The molecule has 0 amide bonds. The number of benzene rings is 2. The summed E-state index contributed by atoms with van der Waals surface area (Å²) in [6, 6.07) is 20.0.